The van der Waals surface area contributed by atoms with Crippen LogP contribution >= 0.6 is 11.6 Å². The second-order valence-corrected chi connectivity index (χ2v) is 5.74. The van der Waals surface area contributed by atoms with Crippen LogP contribution in [-0.4, -0.2) is 36.0 Å². The summed E-state index contributed by atoms with van der Waals surface area (Å²) in [7, 11) is 0. The molecule has 3 N–H and O–H groups in total. The molecule has 0 radical (unpaired) electrons. The maximum Gasteiger partial charge on any atom is 0.137 e. The van der Waals surface area contributed by atoms with Crippen molar-refractivity contribution < 1.29 is 4.74 Å². The SMILES string of the molecule is CC(C)N(CCOc1ccc(C(=N)N)cc1Cl)C(C)C. The van der Waals surface area contributed by atoms with Gasteiger partial charge in [0, 0.05) is 24.2 Å². The van der Waals surface area contributed by atoms with Crippen LogP contribution in [0.5, 0.6) is 5.75 Å². The molecule has 0 spiro atoms. The Morgan fingerprint density at radius 3 is 2.35 bits per heavy atom. The first-order chi connectivity index (χ1) is 9.32. The summed E-state index contributed by atoms with van der Waals surface area (Å²) in [5.74, 6) is 0.633. The molecular weight excluding hydrogens is 274 g/mol. The van der Waals surface area contributed by atoms with Crippen molar-refractivity contribution in [2.45, 2.75) is 39.8 Å². The van der Waals surface area contributed by atoms with Gasteiger partial charge in [-0.1, -0.05) is 11.6 Å². The molecule has 20 heavy (non-hydrogen) atoms. The second kappa shape index (κ2) is 7.50. The predicted molar refractivity (Wildman–Crippen MR) is 84.9 cm³/mol. The number of ether oxygens (including phenoxy) is 1. The zero-order chi connectivity index (χ0) is 15.3. The number of nitrogens with one attached hydrogen (secondary N) is 1. The predicted octanol–water partition coefficient (Wildman–Crippen LogP) is 3.12. The fourth-order valence-corrected chi connectivity index (χ4v) is 2.39. The number of nitrogens with two attached hydrogens (primary N) is 1. The van der Waals surface area contributed by atoms with Crippen molar-refractivity contribution in [2.75, 3.05) is 13.2 Å². The van der Waals surface area contributed by atoms with Gasteiger partial charge in [-0.25, -0.2) is 0 Å². The van der Waals surface area contributed by atoms with Gasteiger partial charge in [-0.15, -0.1) is 0 Å². The summed E-state index contributed by atoms with van der Waals surface area (Å²) in [6.07, 6.45) is 0. The van der Waals surface area contributed by atoms with E-state index in [-0.39, 0.29) is 5.84 Å². The van der Waals surface area contributed by atoms with E-state index >= 15 is 0 Å². The summed E-state index contributed by atoms with van der Waals surface area (Å²) in [5, 5.41) is 7.85. The fourth-order valence-electron chi connectivity index (χ4n) is 2.16. The normalized spacial score (nSPS) is 11.4. The van der Waals surface area contributed by atoms with E-state index in [1.807, 2.05) is 0 Å². The Kier molecular flexibility index (Phi) is 6.30. The third-order valence-electron chi connectivity index (χ3n) is 3.18. The standard InChI is InChI=1S/C15H24ClN3O/c1-10(2)19(11(3)4)7-8-20-14-6-5-12(15(17)18)9-13(14)16/h5-6,9-11H,7-8H2,1-4H3,(H3,17,18). The fraction of sp³-hybridized carbons (Fsp3) is 0.533. The number of benzene rings is 1. The first-order valence-corrected chi connectivity index (χ1v) is 7.23. The average Bonchev–Trinajstić information content (AvgIpc) is 2.34. The monoisotopic (exact) mass is 297 g/mol. The Labute approximate surface area is 126 Å². The molecule has 0 fully saturated rings. The summed E-state index contributed by atoms with van der Waals surface area (Å²) in [6.45, 7) is 10.1. The van der Waals surface area contributed by atoms with Gasteiger partial charge in [0.05, 0.1) is 5.02 Å². The molecule has 0 aliphatic carbocycles. The number of hydrogen-bond donors (Lipinski definition) is 2. The van der Waals surface area contributed by atoms with Crippen molar-refractivity contribution in [1.29, 1.82) is 5.41 Å². The summed E-state index contributed by atoms with van der Waals surface area (Å²) in [6, 6.07) is 6.12. The molecule has 0 unspecified atom stereocenters. The number of hydrogen-bond acceptors (Lipinski definition) is 3. The van der Waals surface area contributed by atoms with Gasteiger partial charge in [-0.3, -0.25) is 10.3 Å². The van der Waals surface area contributed by atoms with Gasteiger partial charge in [-0.05, 0) is 45.9 Å². The summed E-state index contributed by atoms with van der Waals surface area (Å²) < 4.78 is 5.72. The van der Waals surface area contributed by atoms with Gasteiger partial charge in [0.25, 0.3) is 0 Å². The van der Waals surface area contributed by atoms with E-state index in [2.05, 4.69) is 32.6 Å². The van der Waals surface area contributed by atoms with Gasteiger partial charge < -0.3 is 10.5 Å². The van der Waals surface area contributed by atoms with E-state index in [1.54, 1.807) is 18.2 Å². The van der Waals surface area contributed by atoms with Crippen LogP contribution in [0.1, 0.15) is 33.3 Å². The lowest BCUT2D eigenvalue weighted by Gasteiger charge is -2.30. The average molecular weight is 298 g/mol. The minimum atomic E-state index is 0.00393. The van der Waals surface area contributed by atoms with Gasteiger partial charge in [0.15, 0.2) is 0 Å². The smallest absolute Gasteiger partial charge is 0.137 e. The van der Waals surface area contributed by atoms with E-state index in [0.29, 0.717) is 35.0 Å². The summed E-state index contributed by atoms with van der Waals surface area (Å²) in [5.41, 5.74) is 6.02. The molecule has 0 aliphatic rings. The van der Waals surface area contributed by atoms with E-state index < -0.39 is 0 Å². The molecule has 0 aromatic heterocycles. The molecule has 5 heteroatoms. The van der Waals surface area contributed by atoms with E-state index in [4.69, 9.17) is 27.5 Å². The molecule has 4 nitrogen and oxygen atoms in total. The number of amidine groups is 1. The highest BCUT2D eigenvalue weighted by molar-refractivity contribution is 6.32. The molecule has 0 saturated heterocycles. The molecule has 0 heterocycles. The molecule has 1 aromatic carbocycles. The number of halogens is 1. The summed E-state index contributed by atoms with van der Waals surface area (Å²) in [4.78, 5) is 2.36. The molecule has 0 atom stereocenters. The minimum Gasteiger partial charge on any atom is -0.491 e. The van der Waals surface area contributed by atoms with Gasteiger partial charge >= 0.3 is 0 Å². The third kappa shape index (κ3) is 4.69. The van der Waals surface area contributed by atoms with E-state index in [1.165, 1.54) is 0 Å². The Morgan fingerprint density at radius 1 is 1.30 bits per heavy atom. The van der Waals surface area contributed by atoms with E-state index in [9.17, 15) is 0 Å². The van der Waals surface area contributed by atoms with Gasteiger partial charge in [0.1, 0.15) is 18.2 Å². The maximum absolute atomic E-state index is 7.36. The molecule has 0 saturated carbocycles. The van der Waals surface area contributed by atoms with Crippen molar-refractivity contribution in [3.63, 3.8) is 0 Å². The zero-order valence-corrected chi connectivity index (χ0v) is 13.4. The lowest BCUT2D eigenvalue weighted by atomic mass is 10.2. The highest BCUT2D eigenvalue weighted by Gasteiger charge is 2.13. The highest BCUT2D eigenvalue weighted by atomic mass is 35.5. The molecule has 1 rings (SSSR count). The maximum atomic E-state index is 7.36. The topological polar surface area (TPSA) is 62.3 Å². The molecular formula is C15H24ClN3O. The molecule has 0 bridgehead atoms. The zero-order valence-electron chi connectivity index (χ0n) is 12.6. The quantitative estimate of drug-likeness (QED) is 0.600. The largest absolute Gasteiger partial charge is 0.491 e. The van der Waals surface area contributed by atoms with Crippen molar-refractivity contribution >= 4 is 17.4 Å². The third-order valence-corrected chi connectivity index (χ3v) is 3.47. The molecule has 0 amide bonds. The van der Waals surface area contributed by atoms with E-state index in [0.717, 1.165) is 6.54 Å². The Hall–Kier alpha value is -1.26. The minimum absolute atomic E-state index is 0.00393. The van der Waals surface area contributed by atoms with Crippen LogP contribution in [0.2, 0.25) is 5.02 Å². The molecule has 0 aliphatic heterocycles. The lowest BCUT2D eigenvalue weighted by Crippen LogP contribution is -2.39. The Bertz CT molecular complexity index is 452. The number of nitrogens with zero attached hydrogens (tertiary/aromatic N) is 1. The molecule has 1 aromatic rings. The van der Waals surface area contributed by atoms with Crippen LogP contribution < -0.4 is 10.5 Å². The summed E-state index contributed by atoms with van der Waals surface area (Å²) >= 11 is 6.12. The molecule has 112 valence electrons. The van der Waals surface area contributed by atoms with Crippen LogP contribution in [0, 0.1) is 5.41 Å². The first kappa shape index (κ1) is 16.8. The van der Waals surface area contributed by atoms with Crippen molar-refractivity contribution in [2.24, 2.45) is 5.73 Å². The van der Waals surface area contributed by atoms with Crippen molar-refractivity contribution in [3.05, 3.63) is 28.8 Å². The lowest BCUT2D eigenvalue weighted by molar-refractivity contribution is 0.142. The van der Waals surface area contributed by atoms with Crippen LogP contribution in [-0.2, 0) is 0 Å². The highest BCUT2D eigenvalue weighted by Crippen LogP contribution is 2.25. The Balaban J connectivity index is 2.60. The van der Waals surface area contributed by atoms with Crippen LogP contribution in [0.15, 0.2) is 18.2 Å². The van der Waals surface area contributed by atoms with Crippen LogP contribution in [0.25, 0.3) is 0 Å². The van der Waals surface area contributed by atoms with Crippen LogP contribution in [0.4, 0.5) is 0 Å². The van der Waals surface area contributed by atoms with Gasteiger partial charge in [0.2, 0.25) is 0 Å². The van der Waals surface area contributed by atoms with Gasteiger partial charge in [-0.2, -0.15) is 0 Å². The Morgan fingerprint density at radius 2 is 1.90 bits per heavy atom. The number of nitrogen functional groups attached to an aromatic ring is 1. The number of rotatable bonds is 7. The second-order valence-electron chi connectivity index (χ2n) is 5.33. The van der Waals surface area contributed by atoms with Crippen LogP contribution in [0.3, 0.4) is 0 Å². The van der Waals surface area contributed by atoms with Crippen molar-refractivity contribution in [3.8, 4) is 5.75 Å². The first-order valence-electron chi connectivity index (χ1n) is 6.85. The van der Waals surface area contributed by atoms with Crippen molar-refractivity contribution in [1.82, 2.24) is 4.90 Å².